The number of ether oxygens (including phenoxy) is 3. The van der Waals surface area contributed by atoms with Gasteiger partial charge in [-0.05, 0) is 109 Å². The molecule has 6 nitrogen and oxygen atoms in total. The van der Waals surface area contributed by atoms with E-state index in [1.165, 1.54) is 57.8 Å². The minimum Gasteiger partial charge on any atom is -0.462 e. The average Bonchev–Trinajstić information content (AvgIpc) is 3.30. The van der Waals surface area contributed by atoms with Crippen LogP contribution in [0.5, 0.6) is 0 Å². The summed E-state index contributed by atoms with van der Waals surface area (Å²) in [5.41, 5.74) is 0. The van der Waals surface area contributed by atoms with Gasteiger partial charge in [-0.15, -0.1) is 0 Å². The first-order valence-corrected chi connectivity index (χ1v) is 26.4. The van der Waals surface area contributed by atoms with Crippen LogP contribution in [-0.2, 0) is 28.6 Å². The van der Waals surface area contributed by atoms with E-state index < -0.39 is 6.10 Å². The summed E-state index contributed by atoms with van der Waals surface area (Å²) in [5, 5.41) is 0. The second-order valence-electron chi connectivity index (χ2n) is 17.1. The molecule has 0 amide bonds. The molecule has 0 saturated heterocycles. The fraction of sp³-hybridized carbons (Fsp3) is 0.644. The molecule has 0 heterocycles. The molecule has 0 N–H and O–H groups in total. The lowest BCUT2D eigenvalue weighted by Gasteiger charge is -2.18. The molecular weight excluding hydrogens is 805 g/mol. The van der Waals surface area contributed by atoms with Crippen LogP contribution in [-0.4, -0.2) is 37.2 Å². The highest BCUT2D eigenvalue weighted by Crippen LogP contribution is 2.13. The molecule has 0 rings (SSSR count). The van der Waals surface area contributed by atoms with Gasteiger partial charge < -0.3 is 14.2 Å². The van der Waals surface area contributed by atoms with Gasteiger partial charge in [-0.2, -0.15) is 0 Å². The zero-order chi connectivity index (χ0) is 47.2. The molecule has 0 aromatic rings. The molecule has 0 bridgehead atoms. The Kier molecular flexibility index (Phi) is 49.5. The van der Waals surface area contributed by atoms with Crippen LogP contribution in [0.15, 0.2) is 109 Å². The minimum absolute atomic E-state index is 0.104. The lowest BCUT2D eigenvalue weighted by Crippen LogP contribution is -2.30. The van der Waals surface area contributed by atoms with Crippen LogP contribution < -0.4 is 0 Å². The molecule has 6 heteroatoms. The second-order valence-corrected chi connectivity index (χ2v) is 17.1. The van der Waals surface area contributed by atoms with Crippen LogP contribution in [0.25, 0.3) is 0 Å². The predicted octanol–water partition coefficient (Wildman–Crippen LogP) is 17.5. The molecule has 0 aliphatic heterocycles. The zero-order valence-electron chi connectivity index (χ0n) is 42.0. The number of esters is 3. The topological polar surface area (TPSA) is 78.9 Å². The van der Waals surface area contributed by atoms with Gasteiger partial charge in [0.15, 0.2) is 6.10 Å². The molecule has 65 heavy (non-hydrogen) atoms. The van der Waals surface area contributed by atoms with Crippen molar-refractivity contribution >= 4 is 17.9 Å². The average molecular weight is 901 g/mol. The minimum atomic E-state index is -0.806. The number of hydrogen-bond acceptors (Lipinski definition) is 6. The third-order valence-electron chi connectivity index (χ3n) is 10.8. The number of carbonyl (C=O) groups excluding carboxylic acids is 3. The Morgan fingerprint density at radius 1 is 0.338 bits per heavy atom. The van der Waals surface area contributed by atoms with Crippen LogP contribution in [0.2, 0.25) is 0 Å². The third kappa shape index (κ3) is 50.9. The van der Waals surface area contributed by atoms with Gasteiger partial charge in [0.2, 0.25) is 0 Å². The number of allylic oxidation sites excluding steroid dienone is 18. The van der Waals surface area contributed by atoms with Gasteiger partial charge in [0.05, 0.1) is 0 Å². The third-order valence-corrected chi connectivity index (χ3v) is 10.8. The van der Waals surface area contributed by atoms with Gasteiger partial charge in [-0.3, -0.25) is 14.4 Å². The monoisotopic (exact) mass is 901 g/mol. The molecule has 0 aromatic carbocycles. The summed E-state index contributed by atoms with van der Waals surface area (Å²) >= 11 is 0. The van der Waals surface area contributed by atoms with Crippen LogP contribution >= 0.6 is 0 Å². The van der Waals surface area contributed by atoms with E-state index in [1.807, 2.05) is 0 Å². The second kappa shape index (κ2) is 52.7. The van der Waals surface area contributed by atoms with Crippen LogP contribution in [0.4, 0.5) is 0 Å². The molecule has 0 aliphatic rings. The Labute approximate surface area is 400 Å². The fourth-order valence-corrected chi connectivity index (χ4v) is 6.87. The maximum Gasteiger partial charge on any atom is 0.306 e. The summed E-state index contributed by atoms with van der Waals surface area (Å²) in [7, 11) is 0. The molecular formula is C59H96O6. The van der Waals surface area contributed by atoms with Gasteiger partial charge >= 0.3 is 17.9 Å². The highest BCUT2D eigenvalue weighted by Gasteiger charge is 2.19. The highest BCUT2D eigenvalue weighted by atomic mass is 16.6. The Morgan fingerprint density at radius 3 is 1.14 bits per heavy atom. The van der Waals surface area contributed by atoms with Crippen LogP contribution in [0.1, 0.15) is 226 Å². The fourth-order valence-electron chi connectivity index (χ4n) is 6.87. The molecule has 0 radical (unpaired) electrons. The van der Waals surface area contributed by atoms with E-state index in [-0.39, 0.29) is 31.1 Å². The van der Waals surface area contributed by atoms with Crippen LogP contribution in [0, 0.1) is 0 Å². The Balaban J connectivity index is 4.49. The van der Waals surface area contributed by atoms with E-state index in [1.54, 1.807) is 0 Å². The smallest absolute Gasteiger partial charge is 0.306 e. The van der Waals surface area contributed by atoms with E-state index in [2.05, 4.69) is 130 Å². The normalized spacial score (nSPS) is 13.0. The van der Waals surface area contributed by atoms with Crippen molar-refractivity contribution in [3.05, 3.63) is 109 Å². The Morgan fingerprint density at radius 2 is 0.677 bits per heavy atom. The highest BCUT2D eigenvalue weighted by molar-refractivity contribution is 5.71. The van der Waals surface area contributed by atoms with Gasteiger partial charge in [-0.1, -0.05) is 207 Å². The van der Waals surface area contributed by atoms with Gasteiger partial charge in [0, 0.05) is 19.3 Å². The lowest BCUT2D eigenvalue weighted by atomic mass is 10.1. The molecule has 0 aromatic heterocycles. The van der Waals surface area contributed by atoms with Crippen molar-refractivity contribution in [3.63, 3.8) is 0 Å². The van der Waals surface area contributed by atoms with Crippen molar-refractivity contribution in [2.24, 2.45) is 0 Å². The SMILES string of the molecule is CC\C=C/C=C\C=C/CCCCCCCCCC(=O)OC(COC(=O)CCCCC/C=C\C/C=C\C/C=C\C/C=C\C/C=C\CC)COC(=O)CCCCC/C=C\CCCCCCCC. The van der Waals surface area contributed by atoms with E-state index >= 15 is 0 Å². The Bertz CT molecular complexity index is 1360. The van der Waals surface area contributed by atoms with Crippen molar-refractivity contribution in [3.8, 4) is 0 Å². The van der Waals surface area contributed by atoms with Crippen molar-refractivity contribution in [1.82, 2.24) is 0 Å². The standard InChI is InChI=1S/C59H96O6/c1-4-7-10-13-16-19-22-25-27-28-29-30-32-34-37-40-43-46-49-52-58(61)64-55-56(54-63-57(60)51-48-45-42-39-36-33-24-21-18-15-12-9-6-3)65-59(62)53-50-47-44-41-38-35-31-26-23-20-17-14-11-8-5-2/h7-8,10-11,14,16-17,19-20,23,25,27,29-30,33-34,36-37,56H,4-6,9,12-13,15,18,21-22,24,26,28,31-32,35,38-55H2,1-3H3/b10-7-,11-8-,17-14-,19-16-,23-20-,27-25-,30-29-,36-33-,37-34-. The van der Waals surface area contributed by atoms with E-state index in [0.29, 0.717) is 19.3 Å². The summed E-state index contributed by atoms with van der Waals surface area (Å²) in [4.78, 5) is 38.0. The molecule has 368 valence electrons. The van der Waals surface area contributed by atoms with Gasteiger partial charge in [-0.25, -0.2) is 0 Å². The maximum atomic E-state index is 12.8. The van der Waals surface area contributed by atoms with Crippen molar-refractivity contribution in [1.29, 1.82) is 0 Å². The maximum absolute atomic E-state index is 12.8. The molecule has 0 saturated carbocycles. The van der Waals surface area contributed by atoms with E-state index in [9.17, 15) is 14.4 Å². The molecule has 0 fully saturated rings. The summed E-state index contributed by atoms with van der Waals surface area (Å²) in [6, 6.07) is 0. The van der Waals surface area contributed by atoms with Crippen molar-refractivity contribution < 1.29 is 28.6 Å². The zero-order valence-corrected chi connectivity index (χ0v) is 42.0. The molecule has 1 unspecified atom stereocenters. The van der Waals surface area contributed by atoms with E-state index in [0.717, 1.165) is 128 Å². The van der Waals surface area contributed by atoms with Gasteiger partial charge in [0.25, 0.3) is 0 Å². The number of hydrogen-bond donors (Lipinski definition) is 0. The summed E-state index contributed by atoms with van der Waals surface area (Å²) in [6.07, 6.45) is 70.7. The summed E-state index contributed by atoms with van der Waals surface area (Å²) in [5.74, 6) is -0.968. The van der Waals surface area contributed by atoms with Gasteiger partial charge in [0.1, 0.15) is 13.2 Å². The van der Waals surface area contributed by atoms with Crippen LogP contribution in [0.3, 0.4) is 0 Å². The number of rotatable bonds is 46. The molecule has 0 aliphatic carbocycles. The first-order valence-electron chi connectivity index (χ1n) is 26.4. The molecule has 1 atom stereocenters. The quantitative estimate of drug-likeness (QED) is 0.0199. The number of unbranched alkanes of at least 4 members (excludes halogenated alkanes) is 19. The summed E-state index contributed by atoms with van der Waals surface area (Å²) < 4.78 is 16.8. The first kappa shape index (κ1) is 61.1. The Hall–Kier alpha value is -3.93. The largest absolute Gasteiger partial charge is 0.462 e. The lowest BCUT2D eigenvalue weighted by molar-refractivity contribution is -0.167. The molecule has 0 spiro atoms. The van der Waals surface area contributed by atoms with E-state index in [4.69, 9.17) is 14.2 Å². The number of carbonyl (C=O) groups is 3. The summed E-state index contributed by atoms with van der Waals surface area (Å²) in [6.45, 7) is 6.32. The van der Waals surface area contributed by atoms with Crippen molar-refractivity contribution in [2.45, 2.75) is 232 Å². The van der Waals surface area contributed by atoms with Crippen molar-refractivity contribution in [2.75, 3.05) is 13.2 Å². The predicted molar refractivity (Wildman–Crippen MR) is 279 cm³/mol. The first-order chi connectivity index (χ1) is 32.0.